The summed E-state index contributed by atoms with van der Waals surface area (Å²) >= 11 is 0. The maximum absolute atomic E-state index is 4.95. The maximum atomic E-state index is 4.95. The Morgan fingerprint density at radius 1 is 1.60 bits per heavy atom. The van der Waals surface area contributed by atoms with E-state index in [0.717, 1.165) is 0 Å². The van der Waals surface area contributed by atoms with Gasteiger partial charge < -0.3 is 11.5 Å². The second kappa shape index (κ2) is 1.93. The summed E-state index contributed by atoms with van der Waals surface area (Å²) in [6, 6.07) is 0. The molecule has 0 heterocycles. The Morgan fingerprint density at radius 3 is 1.80 bits per heavy atom. The van der Waals surface area contributed by atoms with Gasteiger partial charge in [0.1, 0.15) is 0 Å². The van der Waals surface area contributed by atoms with Crippen molar-refractivity contribution >= 4 is 0 Å². The summed E-state index contributed by atoms with van der Waals surface area (Å²) in [5, 5.41) is 0. The van der Waals surface area contributed by atoms with E-state index in [4.69, 9.17) is 11.5 Å². The van der Waals surface area contributed by atoms with E-state index in [1.807, 2.05) is 0 Å². The molecule has 0 aromatic carbocycles. The first-order valence-electron chi connectivity index (χ1n) is 1.41. The zero-order valence-electron chi connectivity index (χ0n) is 3.02. The minimum absolute atomic E-state index is 0.352. The molecule has 30 valence electrons. The summed E-state index contributed by atoms with van der Waals surface area (Å²) in [6.45, 7) is 3.31. The number of nitrogens with two attached hydrogens (primary N) is 2. The van der Waals surface area contributed by atoms with Gasteiger partial charge in [0, 0.05) is 0 Å². The molecule has 0 amide bonds. The van der Waals surface area contributed by atoms with Gasteiger partial charge in [-0.2, -0.15) is 0 Å². The van der Waals surface area contributed by atoms with E-state index in [2.05, 4.69) is 6.58 Å². The summed E-state index contributed by atoms with van der Waals surface area (Å²) in [4.78, 5) is 0. The highest BCUT2D eigenvalue weighted by Crippen LogP contribution is 1.55. The summed E-state index contributed by atoms with van der Waals surface area (Å²) in [5.41, 5.74) is 9.90. The maximum Gasteiger partial charge on any atom is 0.0710 e. The lowest BCUT2D eigenvalue weighted by Crippen LogP contribution is -2.26. The fraction of sp³-hybridized carbons (Fsp3) is 0.333. The van der Waals surface area contributed by atoms with Crippen molar-refractivity contribution in [3.05, 3.63) is 12.7 Å². The van der Waals surface area contributed by atoms with Gasteiger partial charge in [0.2, 0.25) is 0 Å². The zero-order valence-corrected chi connectivity index (χ0v) is 3.02. The molecule has 4 N–H and O–H groups in total. The van der Waals surface area contributed by atoms with Crippen molar-refractivity contribution in [3.8, 4) is 0 Å². The number of rotatable bonds is 1. The summed E-state index contributed by atoms with van der Waals surface area (Å²) in [7, 11) is 0. The van der Waals surface area contributed by atoms with Crippen molar-refractivity contribution in [3.63, 3.8) is 0 Å². The molecule has 0 rings (SSSR count). The third-order valence-corrected chi connectivity index (χ3v) is 0.272. The van der Waals surface area contributed by atoms with E-state index in [0.29, 0.717) is 0 Å². The molecule has 0 atom stereocenters. The van der Waals surface area contributed by atoms with Gasteiger partial charge in [-0.15, -0.1) is 6.58 Å². The molecule has 2 heteroatoms. The Hall–Kier alpha value is -0.340. The van der Waals surface area contributed by atoms with Crippen molar-refractivity contribution in [2.75, 3.05) is 0 Å². The Bertz CT molecular complexity index is 31.9. The second-order valence-corrected chi connectivity index (χ2v) is 0.813. The lowest BCUT2D eigenvalue weighted by Gasteiger charge is -1.87. The first kappa shape index (κ1) is 4.66. The van der Waals surface area contributed by atoms with E-state index in [-0.39, 0.29) is 6.17 Å². The minimum atomic E-state index is -0.352. The minimum Gasteiger partial charge on any atom is -0.313 e. The first-order valence-corrected chi connectivity index (χ1v) is 1.41. The first-order chi connectivity index (χ1) is 2.27. The molecule has 0 aromatic heterocycles. The zero-order chi connectivity index (χ0) is 4.28. The Morgan fingerprint density at radius 2 is 1.80 bits per heavy atom. The van der Waals surface area contributed by atoms with Gasteiger partial charge in [-0.1, -0.05) is 6.08 Å². The van der Waals surface area contributed by atoms with E-state index in [1.165, 1.54) is 6.08 Å². The third kappa shape index (κ3) is 3.66. The van der Waals surface area contributed by atoms with E-state index in [1.54, 1.807) is 0 Å². The molecular formula is C3H8N2. The lowest BCUT2D eigenvalue weighted by atomic mass is 10.5. The molecule has 0 aromatic rings. The van der Waals surface area contributed by atoms with E-state index >= 15 is 0 Å². The standard InChI is InChI=1S/C3H8N2/c1-2-3(4)5/h2-3H,1,4-5H2. The lowest BCUT2D eigenvalue weighted by molar-refractivity contribution is 0.878. The number of hydrogen-bond donors (Lipinski definition) is 2. The molecule has 0 aliphatic heterocycles. The van der Waals surface area contributed by atoms with E-state index in [9.17, 15) is 0 Å². The van der Waals surface area contributed by atoms with Crippen LogP contribution in [0.1, 0.15) is 0 Å². The van der Waals surface area contributed by atoms with Gasteiger partial charge >= 0.3 is 0 Å². The van der Waals surface area contributed by atoms with Crippen molar-refractivity contribution in [2.24, 2.45) is 11.5 Å². The highest BCUT2D eigenvalue weighted by atomic mass is 14.8. The topological polar surface area (TPSA) is 52.0 Å². The van der Waals surface area contributed by atoms with Crippen LogP contribution >= 0.6 is 0 Å². The van der Waals surface area contributed by atoms with Crippen LogP contribution in [0.15, 0.2) is 12.7 Å². The van der Waals surface area contributed by atoms with Gasteiger partial charge in [-0.05, 0) is 0 Å². The van der Waals surface area contributed by atoms with E-state index < -0.39 is 0 Å². The van der Waals surface area contributed by atoms with Crippen LogP contribution in [0.25, 0.3) is 0 Å². The quantitative estimate of drug-likeness (QED) is 0.321. The van der Waals surface area contributed by atoms with Gasteiger partial charge in [-0.3, -0.25) is 0 Å². The molecule has 0 saturated heterocycles. The normalized spacial score (nSPS) is 8.60. The van der Waals surface area contributed by atoms with Crippen molar-refractivity contribution < 1.29 is 0 Å². The van der Waals surface area contributed by atoms with Crippen LogP contribution in [0.4, 0.5) is 0 Å². The van der Waals surface area contributed by atoms with Crippen LogP contribution < -0.4 is 11.5 Å². The molecule has 0 saturated carbocycles. The average Bonchev–Trinajstić information content (AvgIpc) is 1.38. The van der Waals surface area contributed by atoms with Gasteiger partial charge in [0.25, 0.3) is 0 Å². The molecule has 0 aliphatic rings. The van der Waals surface area contributed by atoms with Crippen LogP contribution in [-0.4, -0.2) is 6.17 Å². The SMILES string of the molecule is C=CC(N)N. The van der Waals surface area contributed by atoms with Crippen LogP contribution in [0.3, 0.4) is 0 Å². The van der Waals surface area contributed by atoms with Gasteiger partial charge in [0.15, 0.2) is 0 Å². The van der Waals surface area contributed by atoms with Crippen LogP contribution in [-0.2, 0) is 0 Å². The fourth-order valence-electron chi connectivity index (χ4n) is 0. The largest absolute Gasteiger partial charge is 0.313 e. The highest BCUT2D eigenvalue weighted by Gasteiger charge is 1.72. The molecule has 2 nitrogen and oxygen atoms in total. The van der Waals surface area contributed by atoms with Gasteiger partial charge in [-0.25, -0.2) is 0 Å². The van der Waals surface area contributed by atoms with Crippen LogP contribution in [0.2, 0.25) is 0 Å². The Balaban J connectivity index is 2.83. The van der Waals surface area contributed by atoms with Crippen molar-refractivity contribution in [1.29, 1.82) is 0 Å². The molecule has 5 heavy (non-hydrogen) atoms. The molecule has 0 spiro atoms. The Kier molecular flexibility index (Phi) is 1.80. The summed E-state index contributed by atoms with van der Waals surface area (Å²) in [5.74, 6) is 0. The smallest absolute Gasteiger partial charge is 0.0710 e. The average molecular weight is 72.1 g/mol. The monoisotopic (exact) mass is 72.1 g/mol. The molecule has 0 unspecified atom stereocenters. The highest BCUT2D eigenvalue weighted by molar-refractivity contribution is 4.75. The summed E-state index contributed by atoms with van der Waals surface area (Å²) in [6.07, 6.45) is 1.12. The second-order valence-electron chi connectivity index (χ2n) is 0.813. The van der Waals surface area contributed by atoms with Crippen molar-refractivity contribution in [1.82, 2.24) is 0 Å². The van der Waals surface area contributed by atoms with Crippen molar-refractivity contribution in [2.45, 2.75) is 6.17 Å². The predicted octanol–water partition coefficient (Wildman–Crippen LogP) is -0.584. The fourth-order valence-corrected chi connectivity index (χ4v) is 0. The van der Waals surface area contributed by atoms with Gasteiger partial charge in [0.05, 0.1) is 6.17 Å². The summed E-state index contributed by atoms with van der Waals surface area (Å²) < 4.78 is 0. The third-order valence-electron chi connectivity index (χ3n) is 0.272. The van der Waals surface area contributed by atoms with Crippen LogP contribution in [0.5, 0.6) is 0 Å². The molecule has 0 bridgehead atoms. The molecule has 0 radical (unpaired) electrons. The molecular weight excluding hydrogens is 64.0 g/mol. The molecule has 0 aliphatic carbocycles. The number of hydrogen-bond acceptors (Lipinski definition) is 2. The Labute approximate surface area is 31.5 Å². The van der Waals surface area contributed by atoms with Crippen LogP contribution in [0, 0.1) is 0 Å². The molecule has 0 fully saturated rings. The predicted molar refractivity (Wildman–Crippen MR) is 22.4 cm³/mol.